The Labute approximate surface area is 95.9 Å². The zero-order chi connectivity index (χ0) is 13.1. The van der Waals surface area contributed by atoms with Crippen molar-refractivity contribution >= 4 is 0 Å². The molecule has 1 aliphatic carbocycles. The molecule has 98 valence electrons. The minimum atomic E-state index is -4.60. The second-order valence-electron chi connectivity index (χ2n) is 4.28. The van der Waals surface area contributed by atoms with Crippen molar-refractivity contribution in [2.24, 2.45) is 17.0 Å². The first kappa shape index (κ1) is 14.1. The third-order valence-electron chi connectivity index (χ3n) is 3.19. The van der Waals surface area contributed by atoms with Crippen molar-refractivity contribution in [2.75, 3.05) is 0 Å². The van der Waals surface area contributed by atoms with Crippen molar-refractivity contribution in [1.29, 1.82) is 0 Å². The molecule has 1 saturated carbocycles. The van der Waals surface area contributed by atoms with Gasteiger partial charge in [-0.2, -0.15) is 13.2 Å². The predicted octanol–water partition coefficient (Wildman–Crippen LogP) is 2.34. The Morgan fingerprint density at radius 1 is 1.12 bits per heavy atom. The number of halogens is 3. The summed E-state index contributed by atoms with van der Waals surface area (Å²) in [6.45, 7) is 0. The van der Waals surface area contributed by atoms with Gasteiger partial charge in [0.25, 0.3) is 0 Å². The first-order valence-corrected chi connectivity index (χ1v) is 5.33. The van der Waals surface area contributed by atoms with Crippen LogP contribution in [-0.2, 0) is 0 Å². The fourth-order valence-electron chi connectivity index (χ4n) is 2.17. The third kappa shape index (κ3) is 3.76. The Bertz CT molecular complexity index is 296. The van der Waals surface area contributed by atoms with E-state index in [0.29, 0.717) is 12.8 Å². The van der Waals surface area contributed by atoms with E-state index in [1.807, 2.05) is 0 Å². The lowest BCUT2D eigenvalue weighted by Crippen LogP contribution is -2.38. The second kappa shape index (κ2) is 5.57. The van der Waals surface area contributed by atoms with Crippen LogP contribution in [0, 0.1) is 11.8 Å². The summed E-state index contributed by atoms with van der Waals surface area (Å²) >= 11 is 0. The molecule has 2 N–H and O–H groups in total. The molecular weight excluding hydrogens is 239 g/mol. The maximum atomic E-state index is 12.2. The molecule has 5 nitrogen and oxygen atoms in total. The zero-order valence-electron chi connectivity index (χ0n) is 9.01. The predicted molar refractivity (Wildman–Crippen MR) is 52.7 cm³/mol. The maximum absolute atomic E-state index is 12.2. The minimum Gasteiger partial charge on any atom is -0.387 e. The number of aliphatic hydroxyl groups excluding tert-OH is 2. The molecule has 0 bridgehead atoms. The van der Waals surface area contributed by atoms with Crippen molar-refractivity contribution in [3.05, 3.63) is 10.4 Å². The summed E-state index contributed by atoms with van der Waals surface area (Å²) < 4.78 is 36.7. The fourth-order valence-corrected chi connectivity index (χ4v) is 2.17. The van der Waals surface area contributed by atoms with Gasteiger partial charge in [0.05, 0.1) is 0 Å². The molecular formula is C9H14F3N3O2. The van der Waals surface area contributed by atoms with E-state index in [0.717, 1.165) is 0 Å². The summed E-state index contributed by atoms with van der Waals surface area (Å²) in [4.78, 5) is 2.45. The van der Waals surface area contributed by atoms with Crippen LogP contribution < -0.4 is 0 Å². The molecule has 0 saturated heterocycles. The van der Waals surface area contributed by atoms with E-state index in [9.17, 15) is 18.3 Å². The molecule has 2 atom stereocenters. The molecule has 1 aliphatic rings. The summed E-state index contributed by atoms with van der Waals surface area (Å²) in [5, 5.41) is 21.5. The first-order chi connectivity index (χ1) is 7.86. The van der Waals surface area contributed by atoms with Crippen LogP contribution in [0.2, 0.25) is 0 Å². The smallest absolute Gasteiger partial charge is 0.387 e. The van der Waals surface area contributed by atoms with E-state index in [2.05, 4.69) is 10.0 Å². The van der Waals surface area contributed by atoms with Gasteiger partial charge in [0.15, 0.2) is 6.10 Å². The number of nitrogens with zero attached hydrogens (tertiary/aromatic N) is 3. The normalized spacial score (nSPS) is 29.2. The topological polar surface area (TPSA) is 89.2 Å². The third-order valence-corrected chi connectivity index (χ3v) is 3.19. The molecule has 0 aromatic heterocycles. The Balaban J connectivity index is 2.48. The van der Waals surface area contributed by atoms with E-state index < -0.39 is 24.4 Å². The van der Waals surface area contributed by atoms with Crippen LogP contribution in [0.1, 0.15) is 25.7 Å². The van der Waals surface area contributed by atoms with Gasteiger partial charge in [0.2, 0.25) is 0 Å². The van der Waals surface area contributed by atoms with Crippen LogP contribution in [0.3, 0.4) is 0 Å². The van der Waals surface area contributed by atoms with Gasteiger partial charge in [-0.15, -0.1) is 0 Å². The zero-order valence-corrected chi connectivity index (χ0v) is 9.01. The lowest BCUT2D eigenvalue weighted by molar-refractivity contribution is -0.223. The first-order valence-electron chi connectivity index (χ1n) is 5.33. The van der Waals surface area contributed by atoms with Crippen molar-refractivity contribution in [3.63, 3.8) is 0 Å². The molecule has 0 aromatic carbocycles. The molecule has 0 radical (unpaired) electrons. The van der Waals surface area contributed by atoms with Crippen LogP contribution in [0.5, 0.6) is 0 Å². The highest BCUT2D eigenvalue weighted by atomic mass is 19.4. The standard InChI is InChI=1S/C9H14F3N3O2/c10-9(11,12)7(16)5-1-3-6(4-2-5)8(17)14-15-13/h5-8,16-17H,1-4H2. The van der Waals surface area contributed by atoms with Gasteiger partial charge in [0, 0.05) is 4.91 Å². The van der Waals surface area contributed by atoms with Crippen molar-refractivity contribution < 1.29 is 23.4 Å². The minimum absolute atomic E-state index is 0.170. The Hall–Kier alpha value is -0.980. The van der Waals surface area contributed by atoms with E-state index in [1.54, 1.807) is 0 Å². The molecule has 0 heterocycles. The summed E-state index contributed by atoms with van der Waals surface area (Å²) in [6.07, 6.45) is -7.12. The average molecular weight is 253 g/mol. The summed E-state index contributed by atoms with van der Waals surface area (Å²) in [5.41, 5.74) is 8.12. The second-order valence-corrected chi connectivity index (χ2v) is 4.28. The van der Waals surface area contributed by atoms with Crippen LogP contribution in [0.4, 0.5) is 13.2 Å². The summed E-state index contributed by atoms with van der Waals surface area (Å²) in [7, 11) is 0. The van der Waals surface area contributed by atoms with Gasteiger partial charge < -0.3 is 10.2 Å². The lowest BCUT2D eigenvalue weighted by Gasteiger charge is -2.33. The summed E-state index contributed by atoms with van der Waals surface area (Å²) in [5.74, 6) is -1.15. The molecule has 0 aliphatic heterocycles. The molecule has 1 fully saturated rings. The molecule has 0 spiro atoms. The molecule has 8 heteroatoms. The monoisotopic (exact) mass is 253 g/mol. The number of hydrogen-bond donors (Lipinski definition) is 2. The van der Waals surface area contributed by atoms with E-state index in [4.69, 9.17) is 10.6 Å². The fraction of sp³-hybridized carbons (Fsp3) is 1.00. The van der Waals surface area contributed by atoms with Gasteiger partial charge in [-0.25, -0.2) is 0 Å². The van der Waals surface area contributed by atoms with E-state index in [-0.39, 0.29) is 18.8 Å². The van der Waals surface area contributed by atoms with E-state index in [1.165, 1.54) is 0 Å². The number of rotatable bonds is 3. The molecule has 0 aromatic rings. The molecule has 2 unspecified atom stereocenters. The van der Waals surface area contributed by atoms with Crippen LogP contribution in [-0.4, -0.2) is 28.7 Å². The van der Waals surface area contributed by atoms with Gasteiger partial charge in [0.1, 0.15) is 6.23 Å². The van der Waals surface area contributed by atoms with Crippen LogP contribution >= 0.6 is 0 Å². The quantitative estimate of drug-likeness (QED) is 0.459. The van der Waals surface area contributed by atoms with Gasteiger partial charge >= 0.3 is 6.18 Å². The average Bonchev–Trinajstić information content (AvgIpc) is 2.27. The molecule has 17 heavy (non-hydrogen) atoms. The molecule has 1 rings (SSSR count). The van der Waals surface area contributed by atoms with Gasteiger partial charge in [-0.05, 0) is 43.1 Å². The largest absolute Gasteiger partial charge is 0.414 e. The Morgan fingerprint density at radius 3 is 2.00 bits per heavy atom. The number of aliphatic hydroxyl groups is 2. The van der Waals surface area contributed by atoms with Gasteiger partial charge in [-0.3, -0.25) is 0 Å². The number of alkyl halides is 3. The van der Waals surface area contributed by atoms with E-state index >= 15 is 0 Å². The number of hydrogen-bond acceptors (Lipinski definition) is 3. The van der Waals surface area contributed by atoms with Gasteiger partial charge in [-0.1, -0.05) is 5.11 Å². The highest BCUT2D eigenvalue weighted by Crippen LogP contribution is 2.37. The summed E-state index contributed by atoms with van der Waals surface area (Å²) in [6, 6.07) is 0. The highest BCUT2D eigenvalue weighted by molar-refractivity contribution is 4.83. The Morgan fingerprint density at radius 2 is 1.59 bits per heavy atom. The Kier molecular flexibility index (Phi) is 4.62. The number of azide groups is 1. The lowest BCUT2D eigenvalue weighted by atomic mass is 9.78. The van der Waals surface area contributed by atoms with Crippen molar-refractivity contribution in [1.82, 2.24) is 0 Å². The maximum Gasteiger partial charge on any atom is 0.414 e. The van der Waals surface area contributed by atoms with Crippen molar-refractivity contribution in [2.45, 2.75) is 44.2 Å². The highest BCUT2D eigenvalue weighted by Gasteiger charge is 2.44. The molecule has 0 amide bonds. The van der Waals surface area contributed by atoms with Crippen molar-refractivity contribution in [3.8, 4) is 0 Å². The van der Waals surface area contributed by atoms with Crippen LogP contribution in [0.15, 0.2) is 5.11 Å². The van der Waals surface area contributed by atoms with Crippen LogP contribution in [0.25, 0.3) is 10.4 Å². The SMILES string of the molecule is [N-]=[N+]=NC(O)C1CCC(C(O)C(F)(F)F)CC1.